The molecule has 0 unspecified atom stereocenters. The maximum Gasteiger partial charge on any atom is 0.396 e. The molecule has 4 nitrogen and oxygen atoms in total. The Morgan fingerprint density at radius 2 is 2.11 bits per heavy atom. The van der Waals surface area contributed by atoms with Crippen LogP contribution in [-0.4, -0.2) is 20.8 Å². The van der Waals surface area contributed by atoms with Gasteiger partial charge in [-0.15, -0.1) is 0 Å². The standard InChI is InChI=1S/C11H12F3N3O/c1-3-7-6(2)4-9-15-8(5-11(12,13)14)16-17(9)10(7)18/h4H,3,5H2,1-2H3,(H,15,16). The summed E-state index contributed by atoms with van der Waals surface area (Å²) in [5, 5.41) is 2.40. The van der Waals surface area contributed by atoms with E-state index in [1.807, 2.05) is 6.92 Å². The number of aromatic amines is 1. The van der Waals surface area contributed by atoms with Gasteiger partial charge in [-0.05, 0) is 25.0 Å². The van der Waals surface area contributed by atoms with Gasteiger partial charge < -0.3 is 0 Å². The Hall–Kier alpha value is -1.79. The van der Waals surface area contributed by atoms with Crippen LogP contribution in [0.25, 0.3) is 5.65 Å². The fourth-order valence-electron chi connectivity index (χ4n) is 1.93. The molecule has 7 heteroatoms. The van der Waals surface area contributed by atoms with Crippen LogP contribution in [0.4, 0.5) is 13.2 Å². The highest BCUT2D eigenvalue weighted by molar-refractivity contribution is 5.43. The molecule has 0 aliphatic carbocycles. The lowest BCUT2D eigenvalue weighted by atomic mass is 10.1. The third kappa shape index (κ3) is 2.25. The first-order chi connectivity index (χ1) is 8.31. The number of aryl methyl sites for hydroxylation is 1. The van der Waals surface area contributed by atoms with Crippen molar-refractivity contribution in [3.8, 4) is 0 Å². The van der Waals surface area contributed by atoms with E-state index in [1.165, 1.54) is 0 Å². The van der Waals surface area contributed by atoms with E-state index < -0.39 is 12.6 Å². The number of alkyl halides is 3. The Balaban J connectivity index is 2.59. The van der Waals surface area contributed by atoms with E-state index in [-0.39, 0.29) is 17.0 Å². The van der Waals surface area contributed by atoms with Crippen molar-refractivity contribution in [1.29, 1.82) is 0 Å². The minimum atomic E-state index is -4.35. The summed E-state index contributed by atoms with van der Waals surface area (Å²) in [6.45, 7) is 3.57. The second-order valence-corrected chi connectivity index (χ2v) is 4.12. The van der Waals surface area contributed by atoms with Crippen LogP contribution < -0.4 is 5.56 Å². The van der Waals surface area contributed by atoms with Crippen LogP contribution in [0, 0.1) is 6.92 Å². The highest BCUT2D eigenvalue weighted by Gasteiger charge is 2.29. The molecule has 18 heavy (non-hydrogen) atoms. The third-order valence-corrected chi connectivity index (χ3v) is 2.72. The number of hydrogen-bond acceptors (Lipinski definition) is 2. The summed E-state index contributed by atoms with van der Waals surface area (Å²) >= 11 is 0. The van der Waals surface area contributed by atoms with Gasteiger partial charge in [0.05, 0.1) is 0 Å². The van der Waals surface area contributed by atoms with Gasteiger partial charge in [-0.25, -0.2) is 4.98 Å². The van der Waals surface area contributed by atoms with Gasteiger partial charge in [0.15, 0.2) is 5.65 Å². The summed E-state index contributed by atoms with van der Waals surface area (Å²) < 4.78 is 37.8. The first-order valence-corrected chi connectivity index (χ1v) is 5.48. The minimum Gasteiger partial charge on any atom is -0.276 e. The molecule has 2 aromatic heterocycles. The zero-order valence-corrected chi connectivity index (χ0v) is 9.93. The van der Waals surface area contributed by atoms with E-state index in [2.05, 4.69) is 10.1 Å². The van der Waals surface area contributed by atoms with Crippen molar-refractivity contribution in [1.82, 2.24) is 14.6 Å². The number of halogens is 3. The van der Waals surface area contributed by atoms with Gasteiger partial charge in [0.1, 0.15) is 12.2 Å². The normalized spacial score (nSPS) is 12.3. The summed E-state index contributed by atoms with van der Waals surface area (Å²) in [7, 11) is 0. The molecule has 0 atom stereocenters. The van der Waals surface area contributed by atoms with Crippen LogP contribution in [0.2, 0.25) is 0 Å². The lowest BCUT2D eigenvalue weighted by Crippen LogP contribution is -2.20. The summed E-state index contributed by atoms with van der Waals surface area (Å²) in [6.07, 6.45) is -4.99. The number of aromatic nitrogens is 3. The van der Waals surface area contributed by atoms with Crippen molar-refractivity contribution in [2.45, 2.75) is 32.9 Å². The molecule has 0 radical (unpaired) electrons. The molecule has 1 N–H and O–H groups in total. The molecule has 0 saturated heterocycles. The molecule has 0 spiro atoms. The number of H-pyrrole nitrogens is 1. The fraction of sp³-hybridized carbons (Fsp3) is 0.455. The Kier molecular flexibility index (Phi) is 2.92. The van der Waals surface area contributed by atoms with E-state index in [0.29, 0.717) is 12.0 Å². The van der Waals surface area contributed by atoms with Gasteiger partial charge in [0.25, 0.3) is 5.56 Å². The summed E-state index contributed by atoms with van der Waals surface area (Å²) in [6, 6.07) is 1.61. The van der Waals surface area contributed by atoms with Crippen molar-refractivity contribution >= 4 is 5.65 Å². The van der Waals surface area contributed by atoms with E-state index in [4.69, 9.17) is 0 Å². The number of rotatable bonds is 2. The van der Waals surface area contributed by atoms with Gasteiger partial charge in [-0.1, -0.05) is 6.92 Å². The number of fused-ring (bicyclic) bond motifs is 1. The van der Waals surface area contributed by atoms with E-state index in [9.17, 15) is 18.0 Å². The highest BCUT2D eigenvalue weighted by atomic mass is 19.4. The van der Waals surface area contributed by atoms with Crippen LogP contribution in [0.15, 0.2) is 10.9 Å². The van der Waals surface area contributed by atoms with Crippen molar-refractivity contribution < 1.29 is 13.2 Å². The molecular weight excluding hydrogens is 247 g/mol. The maximum absolute atomic E-state index is 12.2. The average molecular weight is 259 g/mol. The molecule has 0 saturated carbocycles. The Morgan fingerprint density at radius 3 is 2.67 bits per heavy atom. The van der Waals surface area contributed by atoms with Gasteiger partial charge in [0, 0.05) is 5.56 Å². The summed E-state index contributed by atoms with van der Waals surface area (Å²) in [4.78, 5) is 15.8. The first-order valence-electron chi connectivity index (χ1n) is 5.48. The molecule has 2 rings (SSSR count). The van der Waals surface area contributed by atoms with Crippen LogP contribution in [-0.2, 0) is 12.8 Å². The Labute approximate surface area is 100 Å². The maximum atomic E-state index is 12.2. The topological polar surface area (TPSA) is 50.2 Å². The van der Waals surface area contributed by atoms with Gasteiger partial charge in [-0.3, -0.25) is 9.89 Å². The SMILES string of the molecule is CCc1c(C)cc2nc(CC(F)(F)F)[nH]n2c1=O. The lowest BCUT2D eigenvalue weighted by molar-refractivity contribution is -0.128. The van der Waals surface area contributed by atoms with E-state index in [0.717, 1.165) is 10.1 Å². The molecule has 0 bridgehead atoms. The smallest absolute Gasteiger partial charge is 0.276 e. The number of hydrogen-bond donors (Lipinski definition) is 1. The second-order valence-electron chi connectivity index (χ2n) is 4.12. The minimum absolute atomic E-state index is 0.217. The molecule has 0 aliphatic heterocycles. The number of pyridine rings is 1. The zero-order chi connectivity index (χ0) is 13.5. The molecule has 0 amide bonds. The van der Waals surface area contributed by atoms with Crippen molar-refractivity contribution in [3.63, 3.8) is 0 Å². The monoisotopic (exact) mass is 259 g/mol. The van der Waals surface area contributed by atoms with Crippen molar-refractivity contribution in [2.75, 3.05) is 0 Å². The van der Waals surface area contributed by atoms with Crippen LogP contribution >= 0.6 is 0 Å². The molecule has 2 heterocycles. The second kappa shape index (κ2) is 4.15. The molecule has 2 aromatic rings. The predicted molar refractivity (Wildman–Crippen MR) is 59.7 cm³/mol. The van der Waals surface area contributed by atoms with E-state index in [1.54, 1.807) is 13.0 Å². The molecule has 98 valence electrons. The largest absolute Gasteiger partial charge is 0.396 e. The third-order valence-electron chi connectivity index (χ3n) is 2.72. The van der Waals surface area contributed by atoms with Gasteiger partial charge >= 0.3 is 6.18 Å². The fourth-order valence-corrected chi connectivity index (χ4v) is 1.93. The number of nitrogens with zero attached hydrogens (tertiary/aromatic N) is 2. The predicted octanol–water partition coefficient (Wildman–Crippen LogP) is 2.00. The summed E-state index contributed by atoms with van der Waals surface area (Å²) in [5.41, 5.74) is 1.20. The summed E-state index contributed by atoms with van der Waals surface area (Å²) in [5.74, 6) is -0.257. The quantitative estimate of drug-likeness (QED) is 0.896. The van der Waals surface area contributed by atoms with Crippen LogP contribution in [0.3, 0.4) is 0 Å². The Morgan fingerprint density at radius 1 is 1.44 bits per heavy atom. The Bertz CT molecular complexity index is 639. The lowest BCUT2D eigenvalue weighted by Gasteiger charge is -2.02. The van der Waals surface area contributed by atoms with Gasteiger partial charge in [-0.2, -0.15) is 17.7 Å². The molecule has 0 aliphatic rings. The van der Waals surface area contributed by atoms with Gasteiger partial charge in [0.2, 0.25) is 0 Å². The number of nitrogens with one attached hydrogen (secondary N) is 1. The van der Waals surface area contributed by atoms with Crippen LogP contribution in [0.5, 0.6) is 0 Å². The van der Waals surface area contributed by atoms with E-state index >= 15 is 0 Å². The first kappa shape index (κ1) is 12.7. The molecule has 0 fully saturated rings. The molecule has 0 aromatic carbocycles. The van der Waals surface area contributed by atoms with Crippen molar-refractivity contribution in [2.24, 2.45) is 0 Å². The van der Waals surface area contributed by atoms with Crippen LogP contribution in [0.1, 0.15) is 23.9 Å². The highest BCUT2D eigenvalue weighted by Crippen LogP contribution is 2.19. The van der Waals surface area contributed by atoms with Crippen molar-refractivity contribution in [3.05, 3.63) is 33.4 Å². The molecular formula is C11H12F3N3O. The zero-order valence-electron chi connectivity index (χ0n) is 9.93. The average Bonchev–Trinajstić information content (AvgIpc) is 2.58.